The molecule has 15 heavy (non-hydrogen) atoms. The van der Waals surface area contributed by atoms with Crippen molar-refractivity contribution in [3.05, 3.63) is 0 Å². The van der Waals surface area contributed by atoms with Crippen LogP contribution in [0.1, 0.15) is 64.2 Å². The molecule has 88 valence electrons. The zero-order valence-electron chi connectivity index (χ0n) is 9.48. The molecule has 0 amide bonds. The van der Waals surface area contributed by atoms with E-state index in [-0.39, 0.29) is 4.33 Å². The quantitative estimate of drug-likeness (QED) is 0.509. The number of fused-ring (bicyclic) bond motifs is 1. The Hall–Kier alpha value is 0.580. The molecular formula is C13H22Cl2. The van der Waals surface area contributed by atoms with Crippen LogP contribution in [0.3, 0.4) is 0 Å². The molecule has 0 unspecified atom stereocenters. The molecule has 0 spiro atoms. The molecule has 2 aliphatic rings. The highest BCUT2D eigenvalue weighted by Crippen LogP contribution is 2.63. The van der Waals surface area contributed by atoms with E-state index in [0.29, 0.717) is 11.8 Å². The van der Waals surface area contributed by atoms with Crippen LogP contribution >= 0.6 is 23.2 Å². The fourth-order valence-corrected chi connectivity index (χ4v) is 3.96. The molecule has 2 fully saturated rings. The van der Waals surface area contributed by atoms with Gasteiger partial charge in [0.1, 0.15) is 4.33 Å². The summed E-state index contributed by atoms with van der Waals surface area (Å²) in [6.07, 6.45) is 13.6. The molecule has 0 aromatic rings. The predicted octanol–water partition coefficient (Wildman–Crippen LogP) is 5.32. The third-order valence-corrected chi connectivity index (χ3v) is 5.27. The Kier molecular flexibility index (Phi) is 4.24. The summed E-state index contributed by atoms with van der Waals surface area (Å²) in [5.74, 6) is 1.22. The van der Waals surface area contributed by atoms with Crippen LogP contribution in [0, 0.1) is 11.8 Å². The van der Waals surface area contributed by atoms with Gasteiger partial charge in [-0.2, -0.15) is 0 Å². The molecule has 0 heterocycles. The topological polar surface area (TPSA) is 0 Å². The maximum absolute atomic E-state index is 6.31. The van der Waals surface area contributed by atoms with Gasteiger partial charge in [-0.3, -0.25) is 0 Å². The molecular weight excluding hydrogens is 227 g/mol. The van der Waals surface area contributed by atoms with Gasteiger partial charge in [0.25, 0.3) is 0 Å². The van der Waals surface area contributed by atoms with E-state index in [2.05, 4.69) is 0 Å². The summed E-state index contributed by atoms with van der Waals surface area (Å²) in [4.78, 5) is 0. The monoisotopic (exact) mass is 248 g/mol. The van der Waals surface area contributed by atoms with Crippen molar-refractivity contribution in [2.24, 2.45) is 11.8 Å². The summed E-state index contributed by atoms with van der Waals surface area (Å²) >= 11 is 12.6. The molecule has 0 saturated heterocycles. The average Bonchev–Trinajstić information content (AvgIpc) is 2.67. The van der Waals surface area contributed by atoms with Gasteiger partial charge in [-0.1, -0.05) is 51.4 Å². The second kappa shape index (κ2) is 5.27. The zero-order valence-corrected chi connectivity index (χ0v) is 11.0. The Morgan fingerprint density at radius 1 is 0.600 bits per heavy atom. The lowest BCUT2D eigenvalue weighted by molar-refractivity contribution is 0.491. The molecule has 0 aromatic heterocycles. The van der Waals surface area contributed by atoms with E-state index >= 15 is 0 Å². The van der Waals surface area contributed by atoms with Gasteiger partial charge in [0, 0.05) is 0 Å². The fourth-order valence-electron chi connectivity index (χ4n) is 3.04. The Bertz CT molecular complexity index is 181. The molecule has 2 heteroatoms. The van der Waals surface area contributed by atoms with Crippen LogP contribution in [0.25, 0.3) is 0 Å². The molecule has 2 saturated carbocycles. The molecule has 0 nitrogen and oxygen atoms in total. The summed E-state index contributed by atoms with van der Waals surface area (Å²) in [7, 11) is 0. The van der Waals surface area contributed by atoms with Crippen molar-refractivity contribution >= 4 is 23.2 Å². The van der Waals surface area contributed by atoms with E-state index in [9.17, 15) is 0 Å². The second-order valence-electron chi connectivity index (χ2n) is 5.29. The van der Waals surface area contributed by atoms with Gasteiger partial charge < -0.3 is 0 Å². The van der Waals surface area contributed by atoms with E-state index in [1.807, 2.05) is 0 Å². The van der Waals surface area contributed by atoms with E-state index in [0.717, 1.165) is 0 Å². The standard InChI is InChI=1S/C13H22Cl2/c14-13(15)11-9-7-5-3-1-2-4-6-8-10-12(11)13/h11-12H,1-10H2/t11-,12+. The Balaban J connectivity index is 1.80. The van der Waals surface area contributed by atoms with Gasteiger partial charge in [0.15, 0.2) is 0 Å². The molecule has 0 bridgehead atoms. The fraction of sp³-hybridized carbons (Fsp3) is 1.00. The number of alkyl halides is 2. The highest BCUT2D eigenvalue weighted by atomic mass is 35.5. The largest absolute Gasteiger partial charge is 0.124 e. The van der Waals surface area contributed by atoms with Gasteiger partial charge in [-0.15, -0.1) is 23.2 Å². The third kappa shape index (κ3) is 3.03. The first-order valence-electron chi connectivity index (χ1n) is 6.61. The van der Waals surface area contributed by atoms with E-state index in [4.69, 9.17) is 23.2 Å². The maximum Gasteiger partial charge on any atom is 0.124 e. The summed E-state index contributed by atoms with van der Waals surface area (Å²) in [5, 5.41) is 0. The molecule has 0 aromatic carbocycles. The summed E-state index contributed by atoms with van der Waals surface area (Å²) < 4.78 is -0.353. The highest BCUT2D eigenvalue weighted by Gasteiger charge is 2.61. The van der Waals surface area contributed by atoms with Crippen LogP contribution < -0.4 is 0 Å². The zero-order chi connectivity index (χ0) is 10.7. The number of hydrogen-bond acceptors (Lipinski definition) is 0. The number of rotatable bonds is 0. The van der Waals surface area contributed by atoms with Crippen LogP contribution in [0.4, 0.5) is 0 Å². The normalized spacial score (nSPS) is 37.2. The Morgan fingerprint density at radius 2 is 0.933 bits per heavy atom. The third-order valence-electron chi connectivity index (χ3n) is 4.15. The summed E-state index contributed by atoms with van der Waals surface area (Å²) in [5.41, 5.74) is 0. The van der Waals surface area contributed by atoms with Gasteiger partial charge in [0.05, 0.1) is 0 Å². The lowest BCUT2D eigenvalue weighted by atomic mass is 10.0. The van der Waals surface area contributed by atoms with Crippen molar-refractivity contribution in [3.8, 4) is 0 Å². The highest BCUT2D eigenvalue weighted by molar-refractivity contribution is 6.51. The van der Waals surface area contributed by atoms with Crippen molar-refractivity contribution in [3.63, 3.8) is 0 Å². The van der Waals surface area contributed by atoms with Gasteiger partial charge in [0.2, 0.25) is 0 Å². The van der Waals surface area contributed by atoms with Crippen molar-refractivity contribution in [1.82, 2.24) is 0 Å². The molecule has 0 radical (unpaired) electrons. The van der Waals surface area contributed by atoms with Crippen molar-refractivity contribution in [2.75, 3.05) is 0 Å². The minimum Gasteiger partial charge on any atom is -0.101 e. The first-order valence-corrected chi connectivity index (χ1v) is 7.36. The van der Waals surface area contributed by atoms with Crippen molar-refractivity contribution in [1.29, 1.82) is 0 Å². The number of hydrogen-bond donors (Lipinski definition) is 0. The van der Waals surface area contributed by atoms with E-state index < -0.39 is 0 Å². The average molecular weight is 249 g/mol. The Labute approximate surface area is 104 Å². The molecule has 0 aliphatic heterocycles. The van der Waals surface area contributed by atoms with E-state index in [1.165, 1.54) is 64.2 Å². The van der Waals surface area contributed by atoms with Gasteiger partial charge >= 0.3 is 0 Å². The van der Waals surface area contributed by atoms with Crippen LogP contribution in [-0.4, -0.2) is 4.33 Å². The van der Waals surface area contributed by atoms with E-state index in [1.54, 1.807) is 0 Å². The smallest absolute Gasteiger partial charge is 0.101 e. The minimum absolute atomic E-state index is 0.353. The lowest BCUT2D eigenvalue weighted by Crippen LogP contribution is -1.91. The van der Waals surface area contributed by atoms with Crippen molar-refractivity contribution in [2.45, 2.75) is 68.5 Å². The maximum atomic E-state index is 6.31. The van der Waals surface area contributed by atoms with Gasteiger partial charge in [-0.05, 0) is 24.7 Å². The first kappa shape index (κ1) is 12.0. The predicted molar refractivity (Wildman–Crippen MR) is 67.6 cm³/mol. The number of halogens is 2. The molecule has 0 N–H and O–H groups in total. The van der Waals surface area contributed by atoms with Gasteiger partial charge in [-0.25, -0.2) is 0 Å². The van der Waals surface area contributed by atoms with Crippen LogP contribution in [0.15, 0.2) is 0 Å². The van der Waals surface area contributed by atoms with Crippen LogP contribution in [-0.2, 0) is 0 Å². The lowest BCUT2D eigenvalue weighted by Gasteiger charge is -2.04. The Morgan fingerprint density at radius 3 is 1.33 bits per heavy atom. The van der Waals surface area contributed by atoms with Crippen LogP contribution in [0.5, 0.6) is 0 Å². The molecule has 2 rings (SSSR count). The van der Waals surface area contributed by atoms with Crippen molar-refractivity contribution < 1.29 is 0 Å². The molecule has 2 atom stereocenters. The molecule has 2 aliphatic carbocycles. The minimum atomic E-state index is -0.353. The second-order valence-corrected chi connectivity index (χ2v) is 6.74. The summed E-state index contributed by atoms with van der Waals surface area (Å²) in [6, 6.07) is 0. The SMILES string of the molecule is ClC1(Cl)[C@@H]2CCCCCCCCCC[C@@H]21. The first-order chi connectivity index (χ1) is 7.23. The summed E-state index contributed by atoms with van der Waals surface area (Å²) in [6.45, 7) is 0. The van der Waals surface area contributed by atoms with Crippen LogP contribution in [0.2, 0.25) is 0 Å².